The number of carbonyl (C=O) groups excluding carboxylic acids is 2. The van der Waals surface area contributed by atoms with Crippen molar-refractivity contribution in [2.45, 2.75) is 65.1 Å². The number of hydrazone groups is 1. The number of nitrogens with zero attached hydrogens (tertiary/aromatic N) is 4. The van der Waals surface area contributed by atoms with Crippen LogP contribution in [0.25, 0.3) is 0 Å². The first-order chi connectivity index (χ1) is 10.9. The van der Waals surface area contributed by atoms with Gasteiger partial charge in [0.25, 0.3) is 5.91 Å². The van der Waals surface area contributed by atoms with Gasteiger partial charge in [0.2, 0.25) is 5.91 Å². The quantitative estimate of drug-likeness (QED) is 0.903. The first-order valence-electron chi connectivity index (χ1n) is 8.17. The minimum absolute atomic E-state index is 0.0206. The van der Waals surface area contributed by atoms with Gasteiger partial charge in [0.1, 0.15) is 11.5 Å². The Hall–Kier alpha value is -2.18. The molecule has 0 aliphatic carbocycles. The summed E-state index contributed by atoms with van der Waals surface area (Å²) in [6.45, 7) is 6.51. The number of nitrogens with one attached hydrogen (secondary N) is 1. The first kappa shape index (κ1) is 15.7. The van der Waals surface area contributed by atoms with Crippen molar-refractivity contribution < 1.29 is 9.59 Å². The van der Waals surface area contributed by atoms with Crippen molar-refractivity contribution in [2.75, 3.05) is 0 Å². The Balaban J connectivity index is 1.66. The molecule has 0 radical (unpaired) electrons. The largest absolute Gasteiger partial charge is 0.346 e. The minimum Gasteiger partial charge on any atom is -0.346 e. The Kier molecular flexibility index (Phi) is 4.19. The summed E-state index contributed by atoms with van der Waals surface area (Å²) in [5, 5.41) is 8.72. The fourth-order valence-electron chi connectivity index (χ4n) is 3.11. The lowest BCUT2D eigenvalue weighted by Crippen LogP contribution is -2.46. The SMILES string of the molecule is Cc1cn2c(n1)CCC(NC(=O)C1=NN(C(C)C)C(=O)CC1)C2. The van der Waals surface area contributed by atoms with Crippen LogP contribution in [0.3, 0.4) is 0 Å². The van der Waals surface area contributed by atoms with Crippen molar-refractivity contribution in [3.63, 3.8) is 0 Å². The molecule has 2 aliphatic heterocycles. The molecule has 0 saturated carbocycles. The van der Waals surface area contributed by atoms with E-state index in [9.17, 15) is 9.59 Å². The van der Waals surface area contributed by atoms with Gasteiger partial charge in [-0.3, -0.25) is 9.59 Å². The van der Waals surface area contributed by atoms with Gasteiger partial charge in [-0.25, -0.2) is 9.99 Å². The highest BCUT2D eigenvalue weighted by molar-refractivity contribution is 6.39. The average Bonchev–Trinajstić information content (AvgIpc) is 2.86. The summed E-state index contributed by atoms with van der Waals surface area (Å²) in [7, 11) is 0. The summed E-state index contributed by atoms with van der Waals surface area (Å²) in [4.78, 5) is 28.7. The number of hydrogen-bond acceptors (Lipinski definition) is 4. The second-order valence-electron chi connectivity index (χ2n) is 6.54. The zero-order chi connectivity index (χ0) is 16.6. The summed E-state index contributed by atoms with van der Waals surface area (Å²) in [6, 6.07) is 0.0493. The predicted octanol–water partition coefficient (Wildman–Crippen LogP) is 1.01. The standard InChI is InChI=1S/C16H23N5O2/c1-10(2)21-15(22)7-5-13(19-21)16(23)18-12-4-6-14-17-11(3)8-20(14)9-12/h8,10,12H,4-7,9H2,1-3H3,(H,18,23). The van der Waals surface area contributed by atoms with Crippen LogP contribution in [0.5, 0.6) is 0 Å². The summed E-state index contributed by atoms with van der Waals surface area (Å²) < 4.78 is 2.11. The Morgan fingerprint density at radius 3 is 2.87 bits per heavy atom. The van der Waals surface area contributed by atoms with Gasteiger partial charge in [-0.05, 0) is 27.2 Å². The second-order valence-corrected chi connectivity index (χ2v) is 6.54. The molecule has 2 aliphatic rings. The number of imidazole rings is 1. The van der Waals surface area contributed by atoms with Crippen molar-refractivity contribution in [3.8, 4) is 0 Å². The van der Waals surface area contributed by atoms with Gasteiger partial charge >= 0.3 is 0 Å². The van der Waals surface area contributed by atoms with Gasteiger partial charge < -0.3 is 9.88 Å². The Bertz CT molecular complexity index is 661. The van der Waals surface area contributed by atoms with Crippen LogP contribution >= 0.6 is 0 Å². The molecule has 0 bridgehead atoms. The van der Waals surface area contributed by atoms with Crippen LogP contribution in [0.1, 0.15) is 44.6 Å². The molecule has 7 nitrogen and oxygen atoms in total. The molecule has 0 fully saturated rings. The minimum atomic E-state index is -0.159. The molecule has 0 saturated heterocycles. The van der Waals surface area contributed by atoms with Gasteiger partial charge in [0.15, 0.2) is 0 Å². The van der Waals surface area contributed by atoms with Gasteiger partial charge in [-0.15, -0.1) is 0 Å². The number of rotatable bonds is 3. The normalized spacial score (nSPS) is 21.2. The fraction of sp³-hybridized carbons (Fsp3) is 0.625. The number of aromatic nitrogens is 2. The lowest BCUT2D eigenvalue weighted by Gasteiger charge is -2.28. The maximum Gasteiger partial charge on any atom is 0.267 e. The van der Waals surface area contributed by atoms with Crippen LogP contribution in [0.15, 0.2) is 11.3 Å². The van der Waals surface area contributed by atoms with Crippen molar-refractivity contribution >= 4 is 17.5 Å². The number of amides is 2. The van der Waals surface area contributed by atoms with E-state index in [1.807, 2.05) is 27.0 Å². The molecule has 0 spiro atoms. The number of fused-ring (bicyclic) bond motifs is 1. The number of hydrogen-bond donors (Lipinski definition) is 1. The lowest BCUT2D eigenvalue weighted by molar-refractivity contribution is -0.133. The summed E-state index contributed by atoms with van der Waals surface area (Å²) in [5.74, 6) is 0.903. The molecule has 1 aromatic rings. The van der Waals surface area contributed by atoms with Gasteiger partial charge in [0, 0.05) is 44.1 Å². The van der Waals surface area contributed by atoms with Gasteiger partial charge in [0.05, 0.1) is 5.69 Å². The topological polar surface area (TPSA) is 79.6 Å². The van der Waals surface area contributed by atoms with Crippen molar-refractivity contribution in [1.29, 1.82) is 0 Å². The Labute approximate surface area is 135 Å². The molecule has 3 rings (SSSR count). The van der Waals surface area contributed by atoms with Crippen molar-refractivity contribution in [1.82, 2.24) is 19.9 Å². The molecule has 1 unspecified atom stereocenters. The molecule has 1 atom stereocenters. The molecule has 0 aromatic carbocycles. The molecule has 1 aromatic heterocycles. The third-order valence-corrected chi connectivity index (χ3v) is 4.26. The summed E-state index contributed by atoms with van der Waals surface area (Å²) in [6.07, 6.45) is 4.52. The fourth-order valence-corrected chi connectivity index (χ4v) is 3.11. The number of aryl methyl sites for hydroxylation is 2. The smallest absolute Gasteiger partial charge is 0.267 e. The Morgan fingerprint density at radius 2 is 2.13 bits per heavy atom. The molecule has 1 N–H and O–H groups in total. The monoisotopic (exact) mass is 317 g/mol. The summed E-state index contributed by atoms with van der Waals surface area (Å²) in [5.41, 5.74) is 1.46. The molecular weight excluding hydrogens is 294 g/mol. The lowest BCUT2D eigenvalue weighted by atomic mass is 10.1. The van der Waals surface area contributed by atoms with Crippen LogP contribution in [-0.2, 0) is 22.6 Å². The molecule has 2 amide bonds. The highest BCUT2D eigenvalue weighted by Gasteiger charge is 2.28. The van der Waals surface area contributed by atoms with E-state index >= 15 is 0 Å². The van der Waals surface area contributed by atoms with E-state index in [2.05, 4.69) is 20.0 Å². The van der Waals surface area contributed by atoms with E-state index in [4.69, 9.17) is 0 Å². The zero-order valence-corrected chi connectivity index (χ0v) is 13.9. The third-order valence-electron chi connectivity index (χ3n) is 4.26. The molecule has 23 heavy (non-hydrogen) atoms. The molecule has 3 heterocycles. The van der Waals surface area contributed by atoms with Crippen molar-refractivity contribution in [3.05, 3.63) is 17.7 Å². The van der Waals surface area contributed by atoms with E-state index in [1.54, 1.807) is 0 Å². The first-order valence-corrected chi connectivity index (χ1v) is 8.17. The second kappa shape index (κ2) is 6.14. The predicted molar refractivity (Wildman–Crippen MR) is 85.9 cm³/mol. The highest BCUT2D eigenvalue weighted by atomic mass is 16.2. The van der Waals surface area contributed by atoms with E-state index in [-0.39, 0.29) is 23.9 Å². The van der Waals surface area contributed by atoms with Crippen molar-refractivity contribution in [2.24, 2.45) is 5.10 Å². The van der Waals surface area contributed by atoms with E-state index < -0.39 is 0 Å². The van der Waals surface area contributed by atoms with Crippen LogP contribution in [0, 0.1) is 6.92 Å². The Morgan fingerprint density at radius 1 is 1.35 bits per heavy atom. The van der Waals surface area contributed by atoms with Crippen LogP contribution in [0.2, 0.25) is 0 Å². The van der Waals surface area contributed by atoms with Crippen LogP contribution in [0.4, 0.5) is 0 Å². The third kappa shape index (κ3) is 3.28. The summed E-state index contributed by atoms with van der Waals surface area (Å²) >= 11 is 0. The van der Waals surface area contributed by atoms with E-state index in [0.29, 0.717) is 18.6 Å². The van der Waals surface area contributed by atoms with Gasteiger partial charge in [-0.2, -0.15) is 5.10 Å². The molecule has 7 heteroatoms. The zero-order valence-electron chi connectivity index (χ0n) is 13.9. The van der Waals surface area contributed by atoms with Crippen LogP contribution in [-0.4, -0.2) is 44.2 Å². The maximum atomic E-state index is 12.5. The maximum absolute atomic E-state index is 12.5. The molecular formula is C16H23N5O2. The van der Waals surface area contributed by atoms with Gasteiger partial charge in [-0.1, -0.05) is 0 Å². The number of carbonyl (C=O) groups is 2. The molecule has 124 valence electrons. The van der Waals surface area contributed by atoms with Crippen LogP contribution < -0.4 is 5.32 Å². The van der Waals surface area contributed by atoms with E-state index in [1.165, 1.54) is 5.01 Å². The average molecular weight is 317 g/mol. The van der Waals surface area contributed by atoms with E-state index in [0.717, 1.165) is 30.9 Å². The highest BCUT2D eigenvalue weighted by Crippen LogP contribution is 2.16.